The molecule has 0 spiro atoms. The van der Waals surface area contributed by atoms with E-state index in [4.69, 9.17) is 17.3 Å². The smallest absolute Gasteiger partial charge is 0.335 e. The largest absolute Gasteiger partial charge is 0.478 e. The SMILES string of the molecule is O=C(O)c1ccc(N2C(=O)/C(=C/c3ccnc4ccccc34)SC2=S)cc1. The number of hydrogen-bond donors (Lipinski definition) is 1. The number of amides is 1. The highest BCUT2D eigenvalue weighted by molar-refractivity contribution is 8.27. The molecular weight excluding hydrogens is 380 g/mol. The van der Waals surface area contributed by atoms with Crippen molar-refractivity contribution >= 4 is 62.8 Å². The number of carboxylic acids is 1. The molecule has 1 aliphatic rings. The predicted molar refractivity (Wildman–Crippen MR) is 111 cm³/mol. The summed E-state index contributed by atoms with van der Waals surface area (Å²) in [5, 5.41) is 9.97. The Balaban J connectivity index is 1.70. The van der Waals surface area contributed by atoms with Crippen LogP contribution in [0.5, 0.6) is 0 Å². The van der Waals surface area contributed by atoms with Gasteiger partial charge in [-0.25, -0.2) is 4.79 Å². The van der Waals surface area contributed by atoms with Gasteiger partial charge in [0.25, 0.3) is 5.91 Å². The molecule has 1 N–H and O–H groups in total. The zero-order chi connectivity index (χ0) is 19.0. The highest BCUT2D eigenvalue weighted by atomic mass is 32.2. The first-order chi connectivity index (χ1) is 13.0. The summed E-state index contributed by atoms with van der Waals surface area (Å²) in [6.45, 7) is 0. The number of benzene rings is 2. The Bertz CT molecular complexity index is 1120. The predicted octanol–water partition coefficient (Wildman–Crippen LogP) is 4.34. The third-order valence-electron chi connectivity index (χ3n) is 4.14. The molecule has 0 atom stereocenters. The first-order valence-corrected chi connectivity index (χ1v) is 9.22. The zero-order valence-electron chi connectivity index (χ0n) is 13.8. The van der Waals surface area contributed by atoms with E-state index in [1.165, 1.54) is 28.8 Å². The second kappa shape index (κ2) is 6.94. The number of fused-ring (bicyclic) bond motifs is 1. The van der Waals surface area contributed by atoms with Crippen molar-refractivity contribution in [2.75, 3.05) is 4.90 Å². The van der Waals surface area contributed by atoms with Gasteiger partial charge in [0.15, 0.2) is 4.32 Å². The van der Waals surface area contributed by atoms with Crippen LogP contribution in [0.4, 0.5) is 5.69 Å². The van der Waals surface area contributed by atoms with E-state index in [0.717, 1.165) is 16.5 Å². The van der Waals surface area contributed by atoms with Crippen molar-refractivity contribution in [1.29, 1.82) is 0 Å². The number of hydrogen-bond acceptors (Lipinski definition) is 5. The lowest BCUT2D eigenvalue weighted by Gasteiger charge is -2.14. The van der Waals surface area contributed by atoms with Gasteiger partial charge in [-0.05, 0) is 48.0 Å². The van der Waals surface area contributed by atoms with Crippen molar-refractivity contribution in [3.8, 4) is 0 Å². The maximum atomic E-state index is 12.9. The molecule has 1 aromatic heterocycles. The van der Waals surface area contributed by atoms with Crippen LogP contribution in [0.1, 0.15) is 15.9 Å². The van der Waals surface area contributed by atoms with Crippen molar-refractivity contribution in [2.24, 2.45) is 0 Å². The topological polar surface area (TPSA) is 70.5 Å². The third kappa shape index (κ3) is 3.22. The van der Waals surface area contributed by atoms with E-state index in [2.05, 4.69) is 4.98 Å². The van der Waals surface area contributed by atoms with Crippen LogP contribution < -0.4 is 4.90 Å². The maximum Gasteiger partial charge on any atom is 0.335 e. The lowest BCUT2D eigenvalue weighted by molar-refractivity contribution is -0.113. The minimum atomic E-state index is -1.02. The fourth-order valence-electron chi connectivity index (χ4n) is 2.83. The quantitative estimate of drug-likeness (QED) is 0.528. The fraction of sp³-hybridized carbons (Fsp3) is 0. The molecule has 1 saturated heterocycles. The molecule has 0 unspecified atom stereocenters. The van der Waals surface area contributed by atoms with E-state index >= 15 is 0 Å². The molecule has 0 bridgehead atoms. The maximum absolute atomic E-state index is 12.9. The summed E-state index contributed by atoms with van der Waals surface area (Å²) in [4.78, 5) is 30.2. The molecule has 0 saturated carbocycles. The van der Waals surface area contributed by atoms with Gasteiger partial charge in [-0.3, -0.25) is 14.7 Å². The number of anilines is 1. The molecule has 3 aromatic rings. The first kappa shape index (κ1) is 17.4. The molecule has 132 valence electrons. The molecule has 2 aromatic carbocycles. The number of aromatic carboxylic acids is 1. The van der Waals surface area contributed by atoms with E-state index in [9.17, 15) is 9.59 Å². The highest BCUT2D eigenvalue weighted by Gasteiger charge is 2.33. The Morgan fingerprint density at radius 1 is 1.11 bits per heavy atom. The molecule has 27 heavy (non-hydrogen) atoms. The number of nitrogens with zero attached hydrogens (tertiary/aromatic N) is 2. The zero-order valence-corrected chi connectivity index (χ0v) is 15.5. The van der Waals surface area contributed by atoms with Crippen LogP contribution in [0.25, 0.3) is 17.0 Å². The fourth-order valence-corrected chi connectivity index (χ4v) is 4.12. The van der Waals surface area contributed by atoms with Gasteiger partial charge < -0.3 is 5.11 Å². The molecule has 1 amide bonds. The number of carboxylic acid groups (broad SMARTS) is 1. The normalized spacial score (nSPS) is 15.7. The van der Waals surface area contributed by atoms with Gasteiger partial charge in [0.1, 0.15) is 0 Å². The van der Waals surface area contributed by atoms with E-state index in [-0.39, 0.29) is 11.5 Å². The average molecular weight is 392 g/mol. The van der Waals surface area contributed by atoms with Crippen LogP contribution in [0.3, 0.4) is 0 Å². The summed E-state index contributed by atoms with van der Waals surface area (Å²) in [7, 11) is 0. The molecule has 5 nitrogen and oxygen atoms in total. The third-order valence-corrected chi connectivity index (χ3v) is 5.44. The number of para-hydroxylation sites is 1. The molecule has 7 heteroatoms. The number of carbonyl (C=O) groups excluding carboxylic acids is 1. The van der Waals surface area contributed by atoms with Crippen LogP contribution >= 0.6 is 24.0 Å². The first-order valence-electron chi connectivity index (χ1n) is 7.99. The van der Waals surface area contributed by atoms with E-state index < -0.39 is 5.97 Å². The van der Waals surface area contributed by atoms with Crippen molar-refractivity contribution in [3.05, 3.63) is 76.8 Å². The minimum absolute atomic E-state index is 0.156. The summed E-state index contributed by atoms with van der Waals surface area (Å²) in [5.41, 5.74) is 2.45. The Kier molecular flexibility index (Phi) is 4.47. The number of carbonyl (C=O) groups is 2. The summed E-state index contributed by atoms with van der Waals surface area (Å²) in [5.74, 6) is -1.25. The van der Waals surface area contributed by atoms with Gasteiger partial charge >= 0.3 is 5.97 Å². The number of pyridine rings is 1. The number of thioether (sulfide) groups is 1. The number of thiocarbonyl (C=S) groups is 1. The second-order valence-electron chi connectivity index (χ2n) is 5.79. The van der Waals surface area contributed by atoms with Gasteiger partial charge in [0, 0.05) is 11.6 Å². The van der Waals surface area contributed by atoms with Crippen molar-refractivity contribution in [1.82, 2.24) is 4.98 Å². The Morgan fingerprint density at radius 2 is 1.85 bits per heavy atom. The highest BCUT2D eigenvalue weighted by Crippen LogP contribution is 2.36. The van der Waals surface area contributed by atoms with E-state index in [0.29, 0.717) is 14.9 Å². The van der Waals surface area contributed by atoms with Crippen LogP contribution in [0, 0.1) is 0 Å². The molecule has 0 aliphatic carbocycles. The second-order valence-corrected chi connectivity index (χ2v) is 7.46. The van der Waals surface area contributed by atoms with E-state index in [1.807, 2.05) is 36.4 Å². The molecule has 1 fully saturated rings. The van der Waals surface area contributed by atoms with Crippen LogP contribution in [-0.4, -0.2) is 26.3 Å². The monoisotopic (exact) mass is 392 g/mol. The average Bonchev–Trinajstić information content (AvgIpc) is 2.95. The van der Waals surface area contributed by atoms with Crippen molar-refractivity contribution in [2.45, 2.75) is 0 Å². The number of rotatable bonds is 3. The minimum Gasteiger partial charge on any atom is -0.478 e. The lowest BCUT2D eigenvalue weighted by Crippen LogP contribution is -2.27. The van der Waals surface area contributed by atoms with Crippen molar-refractivity contribution < 1.29 is 14.7 Å². The lowest BCUT2D eigenvalue weighted by atomic mass is 10.1. The molecule has 1 aliphatic heterocycles. The molecular formula is C20H12N2O3S2. The van der Waals surface area contributed by atoms with Crippen LogP contribution in [0.2, 0.25) is 0 Å². The van der Waals surface area contributed by atoms with Gasteiger partial charge in [-0.15, -0.1) is 0 Å². The van der Waals surface area contributed by atoms with Gasteiger partial charge in [-0.1, -0.05) is 42.2 Å². The van der Waals surface area contributed by atoms with Crippen LogP contribution in [0.15, 0.2) is 65.7 Å². The Hall–Kier alpha value is -3.03. The van der Waals surface area contributed by atoms with Crippen LogP contribution in [-0.2, 0) is 4.79 Å². The summed E-state index contributed by atoms with van der Waals surface area (Å²) in [6.07, 6.45) is 3.52. The molecule has 2 heterocycles. The standard InChI is InChI=1S/C20H12N2O3S2/c23-18-17(11-13-9-10-21-16-4-2-1-3-15(13)16)27-20(26)22(18)14-7-5-12(6-8-14)19(24)25/h1-11H,(H,24,25)/b17-11-. The van der Waals surface area contributed by atoms with E-state index in [1.54, 1.807) is 18.3 Å². The summed E-state index contributed by atoms with van der Waals surface area (Å²) >= 11 is 6.59. The number of aromatic nitrogens is 1. The summed E-state index contributed by atoms with van der Waals surface area (Å²) < 4.78 is 0.410. The van der Waals surface area contributed by atoms with Crippen molar-refractivity contribution in [3.63, 3.8) is 0 Å². The van der Waals surface area contributed by atoms with Gasteiger partial charge in [0.2, 0.25) is 0 Å². The molecule has 4 rings (SSSR count). The molecule has 0 radical (unpaired) electrons. The Labute approximate surface area is 164 Å². The summed E-state index contributed by atoms with van der Waals surface area (Å²) in [6, 6.07) is 15.7. The van der Waals surface area contributed by atoms with Gasteiger partial charge in [-0.2, -0.15) is 0 Å². The van der Waals surface area contributed by atoms with Gasteiger partial charge in [0.05, 0.1) is 21.7 Å². The Morgan fingerprint density at radius 3 is 2.59 bits per heavy atom.